The van der Waals surface area contributed by atoms with E-state index in [1.54, 1.807) is 24.4 Å². The Morgan fingerprint density at radius 1 is 0.912 bits per heavy atom. The van der Waals surface area contributed by atoms with Crippen LogP contribution in [0.4, 0.5) is 5.69 Å². The highest BCUT2D eigenvalue weighted by Gasteiger charge is 2.35. The number of sulfonamides is 1. The maximum Gasteiger partial charge on any atom is 0.245 e. The summed E-state index contributed by atoms with van der Waals surface area (Å²) in [6.45, 7) is 3.51. The summed E-state index contributed by atoms with van der Waals surface area (Å²) in [5, 5.41) is 1.50. The van der Waals surface area contributed by atoms with Gasteiger partial charge in [0.15, 0.2) is 0 Å². The Bertz CT molecular complexity index is 1300. The van der Waals surface area contributed by atoms with E-state index >= 15 is 0 Å². The van der Waals surface area contributed by atoms with Gasteiger partial charge in [-0.15, -0.1) is 0 Å². The lowest BCUT2D eigenvalue weighted by molar-refractivity contribution is -0.137. The largest absolute Gasteiger partial charge is 0.368 e. The van der Waals surface area contributed by atoms with Crippen molar-refractivity contribution < 1.29 is 13.2 Å². The summed E-state index contributed by atoms with van der Waals surface area (Å²) >= 11 is 6.11. The van der Waals surface area contributed by atoms with Gasteiger partial charge in [0.05, 0.1) is 5.52 Å². The molecular weight excluding hydrogens is 472 g/mol. The lowest BCUT2D eigenvalue weighted by atomic mass is 9.96. The number of piperidine rings is 1. The van der Waals surface area contributed by atoms with Crippen LogP contribution in [0.15, 0.2) is 65.7 Å². The summed E-state index contributed by atoms with van der Waals surface area (Å²) < 4.78 is 28.2. The number of aromatic nitrogens is 1. The van der Waals surface area contributed by atoms with Crippen LogP contribution in [0.3, 0.4) is 0 Å². The average molecular weight is 499 g/mol. The summed E-state index contributed by atoms with van der Waals surface area (Å²) in [5.41, 5.74) is 1.56. The van der Waals surface area contributed by atoms with E-state index in [0.29, 0.717) is 49.6 Å². The van der Waals surface area contributed by atoms with Crippen LogP contribution >= 0.6 is 11.6 Å². The van der Waals surface area contributed by atoms with E-state index in [1.807, 2.05) is 41.3 Å². The van der Waals surface area contributed by atoms with E-state index in [0.717, 1.165) is 24.2 Å². The SMILES string of the molecule is O=C(C1CCN(S(=O)(=O)c2cccc3cccnc23)CC1)N1CCN(c2cccc(Cl)c2)CC1. The second kappa shape index (κ2) is 9.52. The van der Waals surface area contributed by atoms with Gasteiger partial charge in [0.1, 0.15) is 4.90 Å². The first kappa shape index (κ1) is 23.1. The summed E-state index contributed by atoms with van der Waals surface area (Å²) in [4.78, 5) is 21.9. The maximum atomic E-state index is 13.3. The topological polar surface area (TPSA) is 73.8 Å². The Kier molecular flexibility index (Phi) is 6.46. The summed E-state index contributed by atoms with van der Waals surface area (Å²) in [6.07, 6.45) is 2.67. The number of nitrogens with zero attached hydrogens (tertiary/aromatic N) is 4. The second-order valence-corrected chi connectivity index (χ2v) is 11.1. The van der Waals surface area contributed by atoms with Crippen LogP contribution in [-0.2, 0) is 14.8 Å². The molecule has 2 fully saturated rings. The molecule has 2 aromatic carbocycles. The van der Waals surface area contributed by atoms with Crippen LogP contribution in [0.1, 0.15) is 12.8 Å². The van der Waals surface area contributed by atoms with E-state index < -0.39 is 10.0 Å². The smallest absolute Gasteiger partial charge is 0.245 e. The third kappa shape index (κ3) is 4.50. The number of fused-ring (bicyclic) bond motifs is 1. The van der Waals surface area contributed by atoms with Gasteiger partial charge >= 0.3 is 0 Å². The molecule has 0 unspecified atom stereocenters. The van der Waals surface area contributed by atoms with Gasteiger partial charge in [-0.3, -0.25) is 9.78 Å². The van der Waals surface area contributed by atoms with Gasteiger partial charge in [-0.25, -0.2) is 8.42 Å². The summed E-state index contributed by atoms with van der Waals surface area (Å²) in [6, 6.07) is 16.6. The van der Waals surface area contributed by atoms with E-state index in [4.69, 9.17) is 11.6 Å². The van der Waals surface area contributed by atoms with Gasteiger partial charge in [0.2, 0.25) is 15.9 Å². The van der Waals surface area contributed by atoms with E-state index in [1.165, 1.54) is 4.31 Å². The number of para-hydroxylation sites is 1. The van der Waals surface area contributed by atoms with Crippen molar-refractivity contribution in [3.63, 3.8) is 0 Å². The standard InChI is InChI=1S/C25H27ClN4O3S/c26-21-6-2-7-22(18-21)28-14-16-29(17-15-28)25(31)20-9-12-30(13-10-20)34(32,33)23-8-1-4-19-5-3-11-27-24(19)23/h1-8,11,18,20H,9-10,12-17H2. The minimum atomic E-state index is -3.68. The average Bonchev–Trinajstić information content (AvgIpc) is 2.88. The van der Waals surface area contributed by atoms with Gasteiger partial charge < -0.3 is 9.80 Å². The number of carbonyl (C=O) groups excluding carboxylic acids is 1. The molecular formula is C25H27ClN4O3S. The van der Waals surface area contributed by atoms with Gasteiger partial charge in [0, 0.05) is 67.5 Å². The molecule has 2 saturated heterocycles. The highest BCUT2D eigenvalue weighted by atomic mass is 35.5. The van der Waals surface area contributed by atoms with Crippen molar-refractivity contribution in [2.75, 3.05) is 44.2 Å². The van der Waals surface area contributed by atoms with Gasteiger partial charge in [-0.05, 0) is 43.2 Å². The molecule has 0 aliphatic carbocycles. The zero-order valence-electron chi connectivity index (χ0n) is 18.8. The Labute approximate surface area is 205 Å². The second-order valence-electron chi connectivity index (χ2n) is 8.80. The monoisotopic (exact) mass is 498 g/mol. The highest BCUT2D eigenvalue weighted by molar-refractivity contribution is 7.89. The Morgan fingerprint density at radius 3 is 2.35 bits per heavy atom. The first-order chi connectivity index (χ1) is 16.4. The molecule has 2 aliphatic heterocycles. The summed E-state index contributed by atoms with van der Waals surface area (Å²) in [7, 11) is -3.68. The van der Waals surface area contributed by atoms with Gasteiger partial charge in [-0.2, -0.15) is 4.31 Å². The molecule has 3 aromatic rings. The fourth-order valence-corrected chi connectivity index (χ4v) is 6.70. The van der Waals surface area contributed by atoms with E-state index in [9.17, 15) is 13.2 Å². The van der Waals surface area contributed by atoms with Crippen molar-refractivity contribution >= 4 is 44.1 Å². The fourth-order valence-electron chi connectivity index (χ4n) is 4.88. The van der Waals surface area contributed by atoms with E-state index in [-0.39, 0.29) is 16.7 Å². The van der Waals surface area contributed by atoms with Crippen LogP contribution in [0, 0.1) is 5.92 Å². The number of piperazine rings is 1. The third-order valence-electron chi connectivity index (χ3n) is 6.78. The Morgan fingerprint density at radius 2 is 1.62 bits per heavy atom. The number of amides is 1. The van der Waals surface area contributed by atoms with Gasteiger partial charge in [-0.1, -0.05) is 35.9 Å². The molecule has 0 radical (unpaired) electrons. The Balaban J connectivity index is 1.20. The number of benzene rings is 2. The quantitative estimate of drug-likeness (QED) is 0.549. The molecule has 0 saturated carbocycles. The molecule has 1 amide bonds. The molecule has 1 aromatic heterocycles. The fraction of sp³-hybridized carbons (Fsp3) is 0.360. The minimum Gasteiger partial charge on any atom is -0.368 e. The van der Waals surface area contributed by atoms with Crippen molar-refractivity contribution in [2.24, 2.45) is 5.92 Å². The van der Waals surface area contributed by atoms with Crippen LogP contribution < -0.4 is 4.90 Å². The zero-order valence-corrected chi connectivity index (χ0v) is 20.4. The minimum absolute atomic E-state index is 0.134. The predicted octanol–water partition coefficient (Wildman–Crippen LogP) is 3.64. The molecule has 9 heteroatoms. The molecule has 5 rings (SSSR count). The number of halogens is 1. The number of anilines is 1. The van der Waals surface area contributed by atoms with Crippen LogP contribution in [0.5, 0.6) is 0 Å². The maximum absolute atomic E-state index is 13.3. The first-order valence-electron chi connectivity index (χ1n) is 11.6. The molecule has 178 valence electrons. The zero-order chi connectivity index (χ0) is 23.7. The highest BCUT2D eigenvalue weighted by Crippen LogP contribution is 2.29. The molecule has 34 heavy (non-hydrogen) atoms. The molecule has 0 N–H and O–H groups in total. The Hall–Kier alpha value is -2.68. The molecule has 0 atom stereocenters. The number of hydrogen-bond acceptors (Lipinski definition) is 5. The van der Waals surface area contributed by atoms with Crippen molar-refractivity contribution in [1.82, 2.24) is 14.2 Å². The first-order valence-corrected chi connectivity index (χ1v) is 13.4. The van der Waals surface area contributed by atoms with Gasteiger partial charge in [0.25, 0.3) is 0 Å². The molecule has 7 nitrogen and oxygen atoms in total. The van der Waals surface area contributed by atoms with Crippen LogP contribution in [0.25, 0.3) is 10.9 Å². The third-order valence-corrected chi connectivity index (χ3v) is 8.95. The normalized spacial score (nSPS) is 18.4. The summed E-state index contributed by atoms with van der Waals surface area (Å²) in [5.74, 6) is -0.00979. The van der Waals surface area contributed by atoms with Crippen molar-refractivity contribution in [3.8, 4) is 0 Å². The molecule has 0 spiro atoms. The predicted molar refractivity (Wildman–Crippen MR) is 133 cm³/mol. The number of rotatable bonds is 4. The molecule has 2 aliphatic rings. The molecule has 3 heterocycles. The number of hydrogen-bond donors (Lipinski definition) is 0. The lowest BCUT2D eigenvalue weighted by Crippen LogP contribution is -2.52. The van der Waals surface area contributed by atoms with Crippen molar-refractivity contribution in [1.29, 1.82) is 0 Å². The van der Waals surface area contributed by atoms with Crippen molar-refractivity contribution in [3.05, 3.63) is 65.8 Å². The van der Waals surface area contributed by atoms with Crippen LogP contribution in [-0.4, -0.2) is 67.8 Å². The van der Waals surface area contributed by atoms with Crippen molar-refractivity contribution in [2.45, 2.75) is 17.7 Å². The number of carbonyl (C=O) groups is 1. The van der Waals surface area contributed by atoms with E-state index in [2.05, 4.69) is 9.88 Å². The number of pyridine rings is 1. The van der Waals surface area contributed by atoms with Crippen LogP contribution in [0.2, 0.25) is 5.02 Å². The lowest BCUT2D eigenvalue weighted by Gasteiger charge is -2.39. The molecule has 0 bridgehead atoms.